The monoisotopic (exact) mass is 327 g/mol. The number of nitrogens with zero attached hydrogens (tertiary/aromatic N) is 1. The largest absolute Gasteiger partial charge is 0.389 e. The summed E-state index contributed by atoms with van der Waals surface area (Å²) in [6.07, 6.45) is 0.966. The van der Waals surface area contributed by atoms with Crippen molar-refractivity contribution >= 4 is 11.6 Å². The molecule has 1 aromatic carbocycles. The fraction of sp³-hybridized carbons (Fsp3) is 0.647. The standard InChI is InChI=1S/C17H26ClNO3/c1-13(2)22-12-16(20)11-19-9-7-17(21,8-10-19)14-3-5-15(18)6-4-14/h3-6,13,16,20-21H,7-12H2,1-2H3/t16-/m1/s1. The molecule has 5 heteroatoms. The second-order valence-corrected chi connectivity index (χ2v) is 6.81. The summed E-state index contributed by atoms with van der Waals surface area (Å²) in [4.78, 5) is 2.18. The van der Waals surface area contributed by atoms with E-state index in [1.165, 1.54) is 0 Å². The summed E-state index contributed by atoms with van der Waals surface area (Å²) < 4.78 is 5.43. The molecule has 0 spiro atoms. The summed E-state index contributed by atoms with van der Waals surface area (Å²) in [6, 6.07) is 7.41. The number of β-amino-alcohol motifs (C(OH)–C–C–N with tert-alkyl or cyclic N) is 1. The molecule has 1 aliphatic heterocycles. The minimum Gasteiger partial charge on any atom is -0.389 e. The van der Waals surface area contributed by atoms with Crippen LogP contribution in [0.25, 0.3) is 0 Å². The Kier molecular flexibility index (Phi) is 6.24. The van der Waals surface area contributed by atoms with Gasteiger partial charge in [-0.2, -0.15) is 0 Å². The predicted octanol–water partition coefficient (Wildman–Crippen LogP) is 2.41. The van der Waals surface area contributed by atoms with E-state index < -0.39 is 11.7 Å². The van der Waals surface area contributed by atoms with Crippen molar-refractivity contribution < 1.29 is 14.9 Å². The highest BCUT2D eigenvalue weighted by Crippen LogP contribution is 2.33. The van der Waals surface area contributed by atoms with Crippen LogP contribution in [-0.4, -0.2) is 53.6 Å². The molecule has 1 heterocycles. The number of hydrogen-bond acceptors (Lipinski definition) is 4. The minimum absolute atomic E-state index is 0.131. The van der Waals surface area contributed by atoms with Gasteiger partial charge < -0.3 is 19.8 Å². The van der Waals surface area contributed by atoms with Gasteiger partial charge in [-0.3, -0.25) is 0 Å². The van der Waals surface area contributed by atoms with Gasteiger partial charge in [0.2, 0.25) is 0 Å². The Morgan fingerprint density at radius 2 is 1.82 bits per heavy atom. The second kappa shape index (κ2) is 7.75. The Morgan fingerprint density at radius 1 is 1.23 bits per heavy atom. The first kappa shape index (κ1) is 17.7. The van der Waals surface area contributed by atoms with Crippen LogP contribution in [0.4, 0.5) is 0 Å². The van der Waals surface area contributed by atoms with Crippen molar-refractivity contribution in [3.8, 4) is 0 Å². The Morgan fingerprint density at radius 3 is 2.36 bits per heavy atom. The molecule has 2 N–H and O–H groups in total. The number of halogens is 1. The highest BCUT2D eigenvalue weighted by Gasteiger charge is 2.34. The lowest BCUT2D eigenvalue weighted by Crippen LogP contribution is -2.45. The van der Waals surface area contributed by atoms with E-state index in [1.54, 1.807) is 0 Å². The van der Waals surface area contributed by atoms with Gasteiger partial charge in [0.05, 0.1) is 24.4 Å². The van der Waals surface area contributed by atoms with Gasteiger partial charge in [-0.15, -0.1) is 0 Å². The molecule has 1 saturated heterocycles. The highest BCUT2D eigenvalue weighted by atomic mass is 35.5. The predicted molar refractivity (Wildman–Crippen MR) is 88.1 cm³/mol. The van der Waals surface area contributed by atoms with Crippen molar-refractivity contribution in [1.82, 2.24) is 4.90 Å². The SMILES string of the molecule is CC(C)OC[C@H](O)CN1CCC(O)(c2ccc(Cl)cc2)CC1. The molecule has 124 valence electrons. The van der Waals surface area contributed by atoms with Crippen LogP contribution in [0.15, 0.2) is 24.3 Å². The quantitative estimate of drug-likeness (QED) is 0.842. The van der Waals surface area contributed by atoms with Gasteiger partial charge in [-0.05, 0) is 44.4 Å². The smallest absolute Gasteiger partial charge is 0.0920 e. The summed E-state index contributed by atoms with van der Waals surface area (Å²) in [5, 5.41) is 21.5. The Bertz CT molecular complexity index is 455. The number of aliphatic hydroxyl groups excluding tert-OH is 1. The van der Waals surface area contributed by atoms with Gasteiger partial charge in [-0.1, -0.05) is 23.7 Å². The molecule has 1 atom stereocenters. The van der Waals surface area contributed by atoms with Crippen LogP contribution in [0.2, 0.25) is 5.02 Å². The van der Waals surface area contributed by atoms with Gasteiger partial charge in [0.1, 0.15) is 0 Å². The van der Waals surface area contributed by atoms with Crippen LogP contribution in [0.3, 0.4) is 0 Å². The maximum Gasteiger partial charge on any atom is 0.0920 e. The minimum atomic E-state index is -0.791. The zero-order chi connectivity index (χ0) is 16.2. The van der Waals surface area contributed by atoms with Gasteiger partial charge in [0.25, 0.3) is 0 Å². The molecule has 0 unspecified atom stereocenters. The van der Waals surface area contributed by atoms with Crippen LogP contribution in [0.1, 0.15) is 32.3 Å². The third-order valence-corrected chi connectivity index (χ3v) is 4.41. The van der Waals surface area contributed by atoms with Crippen LogP contribution in [0.5, 0.6) is 0 Å². The molecule has 1 aliphatic rings. The van der Waals surface area contributed by atoms with Gasteiger partial charge >= 0.3 is 0 Å². The highest BCUT2D eigenvalue weighted by molar-refractivity contribution is 6.30. The van der Waals surface area contributed by atoms with Crippen molar-refractivity contribution in [3.05, 3.63) is 34.9 Å². The molecule has 1 aromatic rings. The van der Waals surface area contributed by atoms with E-state index in [2.05, 4.69) is 4.90 Å². The van der Waals surface area contributed by atoms with Crippen molar-refractivity contribution in [2.75, 3.05) is 26.2 Å². The fourth-order valence-corrected chi connectivity index (χ4v) is 2.93. The lowest BCUT2D eigenvalue weighted by Gasteiger charge is -2.39. The summed E-state index contributed by atoms with van der Waals surface area (Å²) in [5.41, 5.74) is 0.126. The lowest BCUT2D eigenvalue weighted by atomic mass is 9.84. The van der Waals surface area contributed by atoms with Crippen molar-refractivity contribution in [1.29, 1.82) is 0 Å². The third-order valence-electron chi connectivity index (χ3n) is 4.16. The average Bonchev–Trinajstić information content (AvgIpc) is 2.48. The topological polar surface area (TPSA) is 52.9 Å². The second-order valence-electron chi connectivity index (χ2n) is 6.37. The molecule has 0 radical (unpaired) electrons. The van der Waals surface area contributed by atoms with E-state index >= 15 is 0 Å². The fourth-order valence-electron chi connectivity index (χ4n) is 2.81. The maximum absolute atomic E-state index is 10.8. The molecule has 0 saturated carbocycles. The molecule has 0 bridgehead atoms. The first-order valence-electron chi connectivity index (χ1n) is 7.89. The number of ether oxygens (including phenoxy) is 1. The molecule has 0 aliphatic carbocycles. The lowest BCUT2D eigenvalue weighted by molar-refractivity contribution is -0.0479. The van der Waals surface area contributed by atoms with E-state index in [0.717, 1.165) is 18.7 Å². The van der Waals surface area contributed by atoms with E-state index in [1.807, 2.05) is 38.1 Å². The van der Waals surface area contributed by atoms with Gasteiger partial charge in [-0.25, -0.2) is 0 Å². The molecule has 0 aromatic heterocycles. The number of rotatable bonds is 6. The third kappa shape index (κ3) is 4.93. The van der Waals surface area contributed by atoms with Crippen LogP contribution in [0, 0.1) is 0 Å². The van der Waals surface area contributed by atoms with Gasteiger partial charge in [0, 0.05) is 24.7 Å². The van der Waals surface area contributed by atoms with Crippen LogP contribution >= 0.6 is 11.6 Å². The number of hydrogen-bond donors (Lipinski definition) is 2. The van der Waals surface area contributed by atoms with Crippen molar-refractivity contribution in [2.45, 2.75) is 44.5 Å². The number of piperidine rings is 1. The van der Waals surface area contributed by atoms with Crippen LogP contribution < -0.4 is 0 Å². The van der Waals surface area contributed by atoms with E-state index in [0.29, 0.717) is 31.0 Å². The molecule has 22 heavy (non-hydrogen) atoms. The molecular weight excluding hydrogens is 302 g/mol. The van der Waals surface area contributed by atoms with E-state index in [-0.39, 0.29) is 6.10 Å². The average molecular weight is 328 g/mol. The normalized spacial score (nSPS) is 20.3. The zero-order valence-corrected chi connectivity index (χ0v) is 14.1. The van der Waals surface area contributed by atoms with Gasteiger partial charge in [0.15, 0.2) is 0 Å². The molecule has 2 rings (SSSR count). The number of likely N-dealkylation sites (tertiary alicyclic amines) is 1. The van der Waals surface area contributed by atoms with Crippen molar-refractivity contribution in [3.63, 3.8) is 0 Å². The molecular formula is C17H26ClNO3. The van der Waals surface area contributed by atoms with E-state index in [4.69, 9.17) is 16.3 Å². The molecule has 0 amide bonds. The first-order valence-corrected chi connectivity index (χ1v) is 8.27. The van der Waals surface area contributed by atoms with Crippen LogP contribution in [-0.2, 0) is 10.3 Å². The molecule has 4 nitrogen and oxygen atoms in total. The summed E-state index contributed by atoms with van der Waals surface area (Å²) in [6.45, 7) is 6.38. The summed E-state index contributed by atoms with van der Waals surface area (Å²) >= 11 is 5.90. The summed E-state index contributed by atoms with van der Waals surface area (Å²) in [7, 11) is 0. The summed E-state index contributed by atoms with van der Waals surface area (Å²) in [5.74, 6) is 0. The Balaban J connectivity index is 1.83. The molecule has 1 fully saturated rings. The zero-order valence-electron chi connectivity index (χ0n) is 13.3. The number of benzene rings is 1. The van der Waals surface area contributed by atoms with E-state index in [9.17, 15) is 10.2 Å². The first-order chi connectivity index (χ1) is 10.4. The Labute approximate surface area is 137 Å². The number of aliphatic hydroxyl groups is 2. The maximum atomic E-state index is 10.8. The Hall–Kier alpha value is -0.650. The van der Waals surface area contributed by atoms with Crippen molar-refractivity contribution in [2.24, 2.45) is 0 Å².